The van der Waals surface area contributed by atoms with Crippen molar-refractivity contribution in [2.45, 2.75) is 19.6 Å². The summed E-state index contributed by atoms with van der Waals surface area (Å²) in [4.78, 5) is 11.2. The van der Waals surface area contributed by atoms with Gasteiger partial charge in [-0.25, -0.2) is 4.39 Å². The van der Waals surface area contributed by atoms with E-state index in [1.165, 1.54) is 24.3 Å². The largest absolute Gasteiger partial charge is 0.497 e. The van der Waals surface area contributed by atoms with Crippen LogP contribution < -0.4 is 10.1 Å². The number of carbonyl (C=O) groups is 1. The van der Waals surface area contributed by atoms with Gasteiger partial charge in [-0.2, -0.15) is 0 Å². The van der Waals surface area contributed by atoms with Crippen LogP contribution in [0.25, 0.3) is 0 Å². The van der Waals surface area contributed by atoms with Crippen molar-refractivity contribution in [1.82, 2.24) is 0 Å². The quantitative estimate of drug-likeness (QED) is 0.365. The molecule has 2 aromatic carbocycles. The highest BCUT2D eigenvalue weighted by Gasteiger charge is 2.14. The summed E-state index contributed by atoms with van der Waals surface area (Å²) in [5.41, 5.74) is 2.06. The van der Waals surface area contributed by atoms with Crippen molar-refractivity contribution in [2.24, 2.45) is 0 Å². The number of ether oxygens (including phenoxy) is 2. The van der Waals surface area contributed by atoms with Gasteiger partial charge in [-0.15, -0.1) is 0 Å². The van der Waals surface area contributed by atoms with Crippen molar-refractivity contribution in [3.8, 4) is 5.75 Å². The molecule has 0 aliphatic heterocycles. The van der Waals surface area contributed by atoms with Crippen molar-refractivity contribution >= 4 is 28.7 Å². The van der Waals surface area contributed by atoms with Gasteiger partial charge in [-0.05, 0) is 42.8 Å². The molecule has 1 atom stereocenters. The highest BCUT2D eigenvalue weighted by atomic mass is 35.5. The standard InChI is InChI=1S/C20H20ClFN2O3/c1-13(27-12-14-3-6-17(26-2)7-4-14)18-9-15(22)5-8-19(18)24-16(11-25)10-20(21)23/h3-11,13,23-24H,12H2,1-2H3/b16-10-,23-20?/t13-/m1/s1. The Morgan fingerprint density at radius 1 is 1.30 bits per heavy atom. The van der Waals surface area contributed by atoms with Gasteiger partial charge in [0.05, 0.1) is 25.5 Å². The number of aldehydes is 1. The van der Waals surface area contributed by atoms with Crippen LogP contribution in [0.5, 0.6) is 5.75 Å². The molecule has 2 N–H and O–H groups in total. The van der Waals surface area contributed by atoms with Gasteiger partial charge >= 0.3 is 0 Å². The predicted molar refractivity (Wildman–Crippen MR) is 104 cm³/mol. The van der Waals surface area contributed by atoms with Gasteiger partial charge in [-0.3, -0.25) is 10.2 Å². The van der Waals surface area contributed by atoms with Crippen molar-refractivity contribution < 1.29 is 18.7 Å². The molecule has 2 rings (SSSR count). The average molecular weight is 391 g/mol. The van der Waals surface area contributed by atoms with E-state index in [9.17, 15) is 9.18 Å². The lowest BCUT2D eigenvalue weighted by molar-refractivity contribution is -0.104. The molecule has 0 aliphatic carbocycles. The maximum absolute atomic E-state index is 13.7. The lowest BCUT2D eigenvalue weighted by atomic mass is 10.1. The Labute approximate surface area is 162 Å². The van der Waals surface area contributed by atoms with Crippen LogP contribution in [0.15, 0.2) is 54.2 Å². The lowest BCUT2D eigenvalue weighted by Crippen LogP contribution is -2.09. The van der Waals surface area contributed by atoms with Crippen LogP contribution in [0.3, 0.4) is 0 Å². The first-order chi connectivity index (χ1) is 12.9. The van der Waals surface area contributed by atoms with Gasteiger partial charge in [-0.1, -0.05) is 23.7 Å². The number of allylic oxidation sites excluding steroid dienone is 2. The normalized spacial score (nSPS) is 12.4. The fourth-order valence-electron chi connectivity index (χ4n) is 2.41. The van der Waals surface area contributed by atoms with E-state index in [1.807, 2.05) is 24.3 Å². The third kappa shape index (κ3) is 6.20. The van der Waals surface area contributed by atoms with Crippen molar-refractivity contribution in [1.29, 1.82) is 5.41 Å². The summed E-state index contributed by atoms with van der Waals surface area (Å²) >= 11 is 5.50. The molecular weight excluding hydrogens is 371 g/mol. The molecular formula is C20H20ClFN2O3. The van der Waals surface area contributed by atoms with Crippen molar-refractivity contribution in [3.63, 3.8) is 0 Å². The Morgan fingerprint density at radius 3 is 2.59 bits per heavy atom. The number of hydrogen-bond acceptors (Lipinski definition) is 5. The minimum absolute atomic E-state index is 0.0882. The first-order valence-corrected chi connectivity index (χ1v) is 8.52. The van der Waals surface area contributed by atoms with Crippen LogP contribution in [-0.4, -0.2) is 18.6 Å². The summed E-state index contributed by atoms with van der Waals surface area (Å²) in [6.45, 7) is 2.11. The number of anilines is 1. The van der Waals surface area contributed by atoms with E-state index in [4.69, 9.17) is 26.5 Å². The molecule has 0 aromatic heterocycles. The molecule has 7 heteroatoms. The van der Waals surface area contributed by atoms with Gasteiger partial charge in [0, 0.05) is 17.3 Å². The summed E-state index contributed by atoms with van der Waals surface area (Å²) in [6.07, 6.45) is 1.26. The van der Waals surface area contributed by atoms with Crippen molar-refractivity contribution in [2.75, 3.05) is 12.4 Å². The number of hydrogen-bond donors (Lipinski definition) is 2. The zero-order valence-corrected chi connectivity index (χ0v) is 15.7. The van der Waals surface area contributed by atoms with E-state index in [2.05, 4.69) is 5.32 Å². The Hall–Kier alpha value is -2.70. The van der Waals surface area contributed by atoms with Gasteiger partial charge in [0.2, 0.25) is 0 Å². The number of halogens is 2. The highest BCUT2D eigenvalue weighted by molar-refractivity contribution is 6.67. The minimum atomic E-state index is -0.450. The summed E-state index contributed by atoms with van der Waals surface area (Å²) in [7, 11) is 1.60. The smallest absolute Gasteiger partial charge is 0.166 e. The minimum Gasteiger partial charge on any atom is -0.497 e. The van der Waals surface area contributed by atoms with Crippen molar-refractivity contribution in [3.05, 3.63) is 71.2 Å². The number of carbonyl (C=O) groups excluding carboxylic acids is 1. The maximum atomic E-state index is 13.7. The van der Waals surface area contributed by atoms with Crippen LogP contribution in [0.1, 0.15) is 24.2 Å². The fourth-order valence-corrected chi connectivity index (χ4v) is 2.53. The van der Waals surface area contributed by atoms with E-state index in [0.717, 1.165) is 11.3 Å². The second-order valence-electron chi connectivity index (χ2n) is 5.72. The maximum Gasteiger partial charge on any atom is 0.166 e. The van der Waals surface area contributed by atoms with Crippen LogP contribution in [-0.2, 0) is 16.1 Å². The molecule has 0 saturated heterocycles. The molecule has 0 unspecified atom stereocenters. The summed E-state index contributed by atoms with van der Waals surface area (Å²) < 4.78 is 24.7. The molecule has 0 heterocycles. The third-order valence-corrected chi connectivity index (χ3v) is 3.91. The van der Waals surface area contributed by atoms with Gasteiger partial charge in [0.15, 0.2) is 6.29 Å². The topological polar surface area (TPSA) is 71.4 Å². The Kier molecular flexibility index (Phi) is 7.52. The Balaban J connectivity index is 2.16. The summed E-state index contributed by atoms with van der Waals surface area (Å²) in [5, 5.41) is 9.81. The summed E-state index contributed by atoms with van der Waals surface area (Å²) in [6, 6.07) is 11.6. The SMILES string of the molecule is COc1ccc(CO[C@H](C)c2cc(F)ccc2N/C(C=O)=C\C(=N)Cl)cc1. The van der Waals surface area contributed by atoms with E-state index in [1.54, 1.807) is 14.0 Å². The molecule has 0 fully saturated rings. The van der Waals surface area contributed by atoms with Gasteiger partial charge in [0.1, 0.15) is 16.7 Å². The van der Waals surface area contributed by atoms with Gasteiger partial charge < -0.3 is 14.8 Å². The Bertz CT molecular complexity index is 838. The van der Waals surface area contributed by atoms with Crippen LogP contribution in [0.2, 0.25) is 0 Å². The van der Waals surface area contributed by atoms with E-state index in [-0.39, 0.29) is 10.9 Å². The number of methoxy groups -OCH3 is 1. The predicted octanol–water partition coefficient (Wildman–Crippen LogP) is 4.82. The zero-order valence-electron chi connectivity index (χ0n) is 15.0. The Morgan fingerprint density at radius 2 is 2.00 bits per heavy atom. The van der Waals surface area contributed by atoms with Crippen LogP contribution in [0, 0.1) is 11.2 Å². The molecule has 2 aromatic rings. The second kappa shape index (κ2) is 9.85. The average Bonchev–Trinajstić information content (AvgIpc) is 2.66. The van der Waals surface area contributed by atoms with Crippen LogP contribution >= 0.6 is 11.6 Å². The molecule has 0 aliphatic rings. The van der Waals surface area contributed by atoms with E-state index >= 15 is 0 Å². The monoisotopic (exact) mass is 390 g/mol. The number of benzene rings is 2. The molecule has 0 amide bonds. The molecule has 27 heavy (non-hydrogen) atoms. The first-order valence-electron chi connectivity index (χ1n) is 8.15. The fraction of sp³-hybridized carbons (Fsp3) is 0.200. The molecule has 0 radical (unpaired) electrons. The van der Waals surface area contributed by atoms with E-state index in [0.29, 0.717) is 24.1 Å². The lowest BCUT2D eigenvalue weighted by Gasteiger charge is -2.19. The highest BCUT2D eigenvalue weighted by Crippen LogP contribution is 2.28. The second-order valence-corrected chi connectivity index (χ2v) is 6.13. The zero-order chi connectivity index (χ0) is 19.8. The number of rotatable bonds is 9. The molecule has 0 spiro atoms. The number of nitrogens with one attached hydrogen (secondary N) is 2. The van der Waals surface area contributed by atoms with Gasteiger partial charge in [0.25, 0.3) is 0 Å². The molecule has 0 bridgehead atoms. The van der Waals surface area contributed by atoms with Crippen LogP contribution in [0.4, 0.5) is 10.1 Å². The molecule has 5 nitrogen and oxygen atoms in total. The first kappa shape index (κ1) is 20.6. The van der Waals surface area contributed by atoms with E-state index < -0.39 is 11.9 Å². The summed E-state index contributed by atoms with van der Waals surface area (Å²) in [5.74, 6) is 0.332. The molecule has 0 saturated carbocycles. The third-order valence-electron chi connectivity index (χ3n) is 3.80. The molecule has 142 valence electrons.